The topological polar surface area (TPSA) is 96.7 Å². The Kier molecular flexibility index (Phi) is 7.73. The molecule has 0 saturated carbocycles. The second-order valence-electron chi connectivity index (χ2n) is 9.50. The number of aryl methyl sites for hydroxylation is 1. The van der Waals surface area contributed by atoms with Crippen LogP contribution in [0.15, 0.2) is 73.1 Å². The lowest BCUT2D eigenvalue weighted by molar-refractivity contribution is 0.101. The van der Waals surface area contributed by atoms with Gasteiger partial charge in [-0.15, -0.1) is 0 Å². The highest BCUT2D eigenvalue weighted by Crippen LogP contribution is 2.37. The van der Waals surface area contributed by atoms with E-state index in [-0.39, 0.29) is 17.6 Å². The summed E-state index contributed by atoms with van der Waals surface area (Å²) in [4.78, 5) is 17.7. The molecule has 41 heavy (non-hydrogen) atoms. The number of nitrogens with zero attached hydrogens (tertiary/aromatic N) is 3. The van der Waals surface area contributed by atoms with Gasteiger partial charge in [0.25, 0.3) is 5.91 Å². The lowest BCUT2D eigenvalue weighted by Crippen LogP contribution is -2.16. The molecule has 9 nitrogen and oxygen atoms in total. The summed E-state index contributed by atoms with van der Waals surface area (Å²) in [6.07, 6.45) is 3.08. The van der Waals surface area contributed by atoms with Crippen molar-refractivity contribution in [1.82, 2.24) is 14.8 Å². The summed E-state index contributed by atoms with van der Waals surface area (Å²) in [5.41, 5.74) is 2.74. The number of anilines is 1. The fraction of sp³-hybridized carbons (Fsp3) is 0.194. The van der Waals surface area contributed by atoms with Crippen LogP contribution < -0.4 is 24.3 Å². The van der Waals surface area contributed by atoms with Crippen LogP contribution in [0.3, 0.4) is 0 Å². The Morgan fingerprint density at radius 3 is 2.32 bits per heavy atom. The first-order chi connectivity index (χ1) is 19.7. The third-order valence-corrected chi connectivity index (χ3v) is 6.21. The van der Waals surface area contributed by atoms with E-state index in [2.05, 4.69) is 15.4 Å². The molecule has 0 aliphatic carbocycles. The lowest BCUT2D eigenvalue weighted by Gasteiger charge is -2.14. The summed E-state index contributed by atoms with van der Waals surface area (Å²) in [6, 6.07) is 16.5. The maximum Gasteiger partial charge on any atom is 0.280 e. The van der Waals surface area contributed by atoms with Crippen molar-refractivity contribution < 1.29 is 28.1 Å². The predicted molar refractivity (Wildman–Crippen MR) is 153 cm³/mol. The molecule has 0 radical (unpaired) electrons. The number of ether oxygens (including phenoxy) is 4. The molecule has 0 bridgehead atoms. The highest BCUT2D eigenvalue weighted by molar-refractivity contribution is 6.04. The van der Waals surface area contributed by atoms with E-state index >= 15 is 0 Å². The highest BCUT2D eigenvalue weighted by Gasteiger charge is 2.21. The van der Waals surface area contributed by atoms with Crippen molar-refractivity contribution in [2.24, 2.45) is 0 Å². The number of amides is 1. The normalized spacial score (nSPS) is 11.0. The zero-order valence-corrected chi connectivity index (χ0v) is 23.3. The van der Waals surface area contributed by atoms with Gasteiger partial charge in [0, 0.05) is 23.3 Å². The number of aromatic nitrogens is 3. The van der Waals surface area contributed by atoms with Gasteiger partial charge in [0.2, 0.25) is 0 Å². The van der Waals surface area contributed by atoms with E-state index in [4.69, 9.17) is 18.9 Å². The lowest BCUT2D eigenvalue weighted by atomic mass is 10.1. The summed E-state index contributed by atoms with van der Waals surface area (Å²) in [5.74, 6) is 1.84. The zero-order chi connectivity index (χ0) is 29.1. The Morgan fingerprint density at radius 2 is 1.63 bits per heavy atom. The van der Waals surface area contributed by atoms with Crippen LogP contribution in [0.1, 0.15) is 29.9 Å². The number of benzene rings is 3. The van der Waals surface area contributed by atoms with E-state index in [1.54, 1.807) is 69.1 Å². The van der Waals surface area contributed by atoms with Crippen molar-refractivity contribution in [3.8, 4) is 34.4 Å². The van der Waals surface area contributed by atoms with Gasteiger partial charge in [0.1, 0.15) is 17.3 Å². The van der Waals surface area contributed by atoms with Crippen LogP contribution in [0, 0.1) is 12.7 Å². The molecule has 0 saturated heterocycles. The minimum Gasteiger partial charge on any atom is -0.493 e. The fourth-order valence-corrected chi connectivity index (χ4v) is 4.27. The van der Waals surface area contributed by atoms with Crippen molar-refractivity contribution >= 4 is 22.5 Å². The van der Waals surface area contributed by atoms with Crippen molar-refractivity contribution in [2.45, 2.75) is 26.9 Å². The number of halogens is 1. The molecule has 0 spiro atoms. The molecule has 1 N–H and O–H groups in total. The second kappa shape index (κ2) is 11.5. The van der Waals surface area contributed by atoms with E-state index in [0.29, 0.717) is 45.6 Å². The van der Waals surface area contributed by atoms with Crippen LogP contribution in [0.2, 0.25) is 0 Å². The van der Waals surface area contributed by atoms with Crippen LogP contribution >= 0.6 is 0 Å². The molecule has 2 heterocycles. The molecule has 0 unspecified atom stereocenters. The summed E-state index contributed by atoms with van der Waals surface area (Å²) in [7, 11) is 3.14. The number of fused-ring (bicyclic) bond motifs is 1. The van der Waals surface area contributed by atoms with Crippen molar-refractivity contribution in [1.29, 1.82) is 0 Å². The van der Waals surface area contributed by atoms with Gasteiger partial charge in [-0.25, -0.2) is 9.07 Å². The molecule has 10 heteroatoms. The largest absolute Gasteiger partial charge is 0.493 e. The van der Waals surface area contributed by atoms with Gasteiger partial charge >= 0.3 is 0 Å². The van der Waals surface area contributed by atoms with Gasteiger partial charge in [-0.1, -0.05) is 0 Å². The average molecular weight is 557 g/mol. The first-order valence-corrected chi connectivity index (χ1v) is 12.9. The van der Waals surface area contributed by atoms with E-state index in [0.717, 1.165) is 10.9 Å². The SMILES string of the molecule is COc1cc2nccc(Oc3ccc(NC(=O)c4nn(-c5ccc(F)cc5)cc4OC(C)C)cc3C)c2cc1OC. The number of nitrogens with one attached hydrogen (secondary N) is 1. The molecule has 3 aromatic carbocycles. The number of pyridine rings is 1. The molecular weight excluding hydrogens is 527 g/mol. The minimum absolute atomic E-state index is 0.105. The quantitative estimate of drug-likeness (QED) is 0.215. The van der Waals surface area contributed by atoms with Gasteiger partial charge in [-0.3, -0.25) is 9.78 Å². The Bertz CT molecular complexity index is 1720. The van der Waals surface area contributed by atoms with Crippen molar-refractivity contribution in [3.63, 3.8) is 0 Å². The number of hydrogen-bond donors (Lipinski definition) is 1. The molecule has 0 aliphatic heterocycles. The third-order valence-electron chi connectivity index (χ3n) is 6.21. The number of rotatable bonds is 9. The van der Waals surface area contributed by atoms with Gasteiger partial charge in [0.05, 0.1) is 37.7 Å². The second-order valence-corrected chi connectivity index (χ2v) is 9.50. The first kappa shape index (κ1) is 27.4. The fourth-order valence-electron chi connectivity index (χ4n) is 4.27. The Balaban J connectivity index is 1.38. The molecule has 0 aliphatic rings. The average Bonchev–Trinajstić information content (AvgIpc) is 3.37. The van der Waals surface area contributed by atoms with E-state index in [1.807, 2.05) is 26.8 Å². The van der Waals surface area contributed by atoms with Crippen molar-refractivity contribution in [3.05, 3.63) is 90.1 Å². The summed E-state index contributed by atoms with van der Waals surface area (Å²) in [6.45, 7) is 5.60. The van der Waals surface area contributed by atoms with Crippen LogP contribution in [0.25, 0.3) is 16.6 Å². The number of hydrogen-bond acceptors (Lipinski definition) is 7. The molecule has 210 valence electrons. The van der Waals surface area contributed by atoms with Gasteiger partial charge < -0.3 is 24.3 Å². The molecule has 0 fully saturated rings. The number of carbonyl (C=O) groups excluding carboxylic acids is 1. The molecule has 2 aromatic heterocycles. The molecule has 1 amide bonds. The van der Waals surface area contributed by atoms with Crippen molar-refractivity contribution in [2.75, 3.05) is 19.5 Å². The van der Waals surface area contributed by atoms with Crippen LogP contribution in [-0.4, -0.2) is 41.0 Å². The van der Waals surface area contributed by atoms with E-state index in [1.165, 1.54) is 16.8 Å². The zero-order valence-electron chi connectivity index (χ0n) is 23.3. The van der Waals surface area contributed by atoms with Gasteiger partial charge in [-0.05, 0) is 80.9 Å². The van der Waals surface area contributed by atoms with Gasteiger partial charge in [-0.2, -0.15) is 5.10 Å². The monoisotopic (exact) mass is 556 g/mol. The first-order valence-electron chi connectivity index (χ1n) is 12.9. The Labute approximate surface area is 236 Å². The van der Waals surface area contributed by atoms with Crippen LogP contribution in [0.5, 0.6) is 28.7 Å². The number of carbonyl (C=O) groups is 1. The Morgan fingerprint density at radius 1 is 0.902 bits per heavy atom. The standard InChI is InChI=1S/C31H29FN4O5/c1-18(2)40-29-17-36(22-9-6-20(32)7-10-22)35-30(29)31(37)34-21-8-11-25(19(3)14-21)41-26-12-13-33-24-16-28(39-5)27(38-4)15-23(24)26/h6-18H,1-5H3,(H,34,37). The summed E-state index contributed by atoms with van der Waals surface area (Å²) < 4.78 is 37.8. The number of methoxy groups -OCH3 is 2. The highest BCUT2D eigenvalue weighted by atomic mass is 19.1. The van der Waals surface area contributed by atoms with Gasteiger partial charge in [0.15, 0.2) is 22.9 Å². The van der Waals surface area contributed by atoms with E-state index in [9.17, 15) is 9.18 Å². The Hall–Kier alpha value is -5.12. The van der Waals surface area contributed by atoms with E-state index < -0.39 is 5.91 Å². The minimum atomic E-state index is -0.448. The molecule has 5 aromatic rings. The maximum absolute atomic E-state index is 13.4. The summed E-state index contributed by atoms with van der Waals surface area (Å²) >= 11 is 0. The maximum atomic E-state index is 13.4. The van der Waals surface area contributed by atoms with Crippen LogP contribution in [-0.2, 0) is 0 Å². The van der Waals surface area contributed by atoms with Crippen LogP contribution in [0.4, 0.5) is 10.1 Å². The third kappa shape index (κ3) is 5.91. The molecule has 0 atom stereocenters. The smallest absolute Gasteiger partial charge is 0.280 e. The molecular formula is C31H29FN4O5. The predicted octanol–water partition coefficient (Wildman–Crippen LogP) is 6.72. The summed E-state index contributed by atoms with van der Waals surface area (Å²) in [5, 5.41) is 8.06. The molecule has 5 rings (SSSR count).